The molecule has 1 atom stereocenters. The van der Waals surface area contributed by atoms with Crippen molar-refractivity contribution in [3.63, 3.8) is 0 Å². The molecule has 0 saturated carbocycles. The van der Waals surface area contributed by atoms with E-state index in [1.165, 1.54) is 0 Å². The van der Waals surface area contributed by atoms with Crippen molar-refractivity contribution >= 4 is 27.5 Å². The predicted molar refractivity (Wildman–Crippen MR) is 112 cm³/mol. The lowest BCUT2D eigenvalue weighted by Gasteiger charge is -2.37. The summed E-state index contributed by atoms with van der Waals surface area (Å²) in [5, 5.41) is 4.06. The van der Waals surface area contributed by atoms with Crippen molar-refractivity contribution in [2.75, 3.05) is 26.2 Å². The number of hydrogen-bond donors (Lipinski definition) is 0. The SMILES string of the molecule is O=C(c1nn2c(C(F)(F)F)cc(-c3ccccc3)nc2c1Br)N1CCN2CCC[C@@H]2C1. The lowest BCUT2D eigenvalue weighted by Crippen LogP contribution is -2.52. The lowest BCUT2D eigenvalue weighted by molar-refractivity contribution is -0.142. The molecule has 2 aliphatic heterocycles. The third-order valence-electron chi connectivity index (χ3n) is 5.97. The van der Waals surface area contributed by atoms with Crippen molar-refractivity contribution in [3.8, 4) is 11.3 Å². The highest BCUT2D eigenvalue weighted by Gasteiger charge is 2.38. The van der Waals surface area contributed by atoms with Crippen LogP contribution in [0.3, 0.4) is 0 Å². The van der Waals surface area contributed by atoms with Crippen LogP contribution in [0.15, 0.2) is 40.9 Å². The van der Waals surface area contributed by atoms with E-state index < -0.39 is 11.9 Å². The molecular formula is C21H19BrF3N5O. The zero-order valence-corrected chi connectivity index (χ0v) is 18.0. The molecule has 2 saturated heterocycles. The van der Waals surface area contributed by atoms with Gasteiger partial charge in [0.05, 0.1) is 10.2 Å². The number of alkyl halides is 3. The van der Waals surface area contributed by atoms with Crippen molar-refractivity contribution in [1.82, 2.24) is 24.4 Å². The highest BCUT2D eigenvalue weighted by molar-refractivity contribution is 9.10. The van der Waals surface area contributed by atoms with Gasteiger partial charge in [-0.2, -0.15) is 18.3 Å². The molecule has 6 nitrogen and oxygen atoms in total. The molecule has 31 heavy (non-hydrogen) atoms. The normalized spacial score (nSPS) is 19.7. The van der Waals surface area contributed by atoms with Crippen LogP contribution in [0.1, 0.15) is 29.0 Å². The van der Waals surface area contributed by atoms with Gasteiger partial charge in [-0.1, -0.05) is 30.3 Å². The summed E-state index contributed by atoms with van der Waals surface area (Å²) in [6.07, 6.45) is -2.53. The van der Waals surface area contributed by atoms with Gasteiger partial charge in [0.15, 0.2) is 17.0 Å². The summed E-state index contributed by atoms with van der Waals surface area (Å²) < 4.78 is 42.5. The largest absolute Gasteiger partial charge is 0.433 e. The van der Waals surface area contributed by atoms with E-state index >= 15 is 0 Å². The summed E-state index contributed by atoms with van der Waals surface area (Å²) in [7, 11) is 0. The molecule has 2 aromatic heterocycles. The number of amides is 1. The molecule has 0 aliphatic carbocycles. The minimum Gasteiger partial charge on any atom is -0.334 e. The minimum atomic E-state index is -4.66. The first-order chi connectivity index (χ1) is 14.8. The summed E-state index contributed by atoms with van der Waals surface area (Å²) in [6.45, 7) is 2.90. The Morgan fingerprint density at radius 3 is 2.65 bits per heavy atom. The van der Waals surface area contributed by atoms with Crippen LogP contribution in [0.5, 0.6) is 0 Å². The van der Waals surface area contributed by atoms with Crippen LogP contribution in [-0.2, 0) is 6.18 Å². The number of carbonyl (C=O) groups is 1. The van der Waals surface area contributed by atoms with Gasteiger partial charge in [-0.05, 0) is 41.4 Å². The number of aromatic nitrogens is 3. The number of hydrogen-bond acceptors (Lipinski definition) is 4. The first-order valence-corrected chi connectivity index (χ1v) is 10.9. The first kappa shape index (κ1) is 20.4. The molecule has 0 spiro atoms. The van der Waals surface area contributed by atoms with Crippen LogP contribution in [0.2, 0.25) is 0 Å². The topological polar surface area (TPSA) is 53.7 Å². The highest BCUT2D eigenvalue weighted by atomic mass is 79.9. The molecule has 0 radical (unpaired) electrons. The van der Waals surface area contributed by atoms with Gasteiger partial charge in [-0.15, -0.1) is 0 Å². The van der Waals surface area contributed by atoms with E-state index in [0.29, 0.717) is 24.7 Å². The van der Waals surface area contributed by atoms with Crippen molar-refractivity contribution < 1.29 is 18.0 Å². The van der Waals surface area contributed by atoms with Crippen molar-refractivity contribution in [3.05, 3.63) is 52.3 Å². The van der Waals surface area contributed by atoms with Gasteiger partial charge in [-0.25, -0.2) is 9.50 Å². The number of benzene rings is 1. The average Bonchev–Trinajstić information content (AvgIpc) is 3.36. The van der Waals surface area contributed by atoms with Gasteiger partial charge in [0.1, 0.15) is 0 Å². The van der Waals surface area contributed by atoms with E-state index in [9.17, 15) is 18.0 Å². The fourth-order valence-electron chi connectivity index (χ4n) is 4.41. The minimum absolute atomic E-state index is 0.0310. The van der Waals surface area contributed by atoms with Gasteiger partial charge in [-0.3, -0.25) is 9.69 Å². The van der Waals surface area contributed by atoms with E-state index in [1.54, 1.807) is 35.2 Å². The maximum atomic E-state index is 13.9. The number of rotatable bonds is 2. The van der Waals surface area contributed by atoms with Gasteiger partial charge < -0.3 is 4.90 Å². The second-order valence-electron chi connectivity index (χ2n) is 7.87. The van der Waals surface area contributed by atoms with E-state index in [1.807, 2.05) is 0 Å². The molecule has 5 rings (SSSR count). The van der Waals surface area contributed by atoms with E-state index in [0.717, 1.165) is 36.5 Å². The number of carbonyl (C=O) groups excluding carboxylic acids is 1. The molecule has 10 heteroatoms. The summed E-state index contributed by atoms with van der Waals surface area (Å²) in [5.41, 5.74) is -0.337. The number of piperazine rings is 1. The second kappa shape index (κ2) is 7.59. The molecule has 1 amide bonds. The molecule has 0 unspecified atom stereocenters. The molecule has 4 heterocycles. The van der Waals surface area contributed by atoms with Gasteiger partial charge in [0, 0.05) is 31.2 Å². The summed E-state index contributed by atoms with van der Waals surface area (Å²) in [4.78, 5) is 21.6. The van der Waals surface area contributed by atoms with Crippen molar-refractivity contribution in [2.24, 2.45) is 0 Å². The van der Waals surface area contributed by atoms with Crippen LogP contribution >= 0.6 is 15.9 Å². The standard InChI is InChI=1S/C21H19BrF3N5O/c22-17-18(20(31)29-10-9-28-8-4-7-14(28)12-29)27-30-16(21(23,24)25)11-15(26-19(17)30)13-5-2-1-3-6-13/h1-3,5-6,11,14H,4,7-10,12H2/t14-/m1/s1. The average molecular weight is 494 g/mol. The van der Waals surface area contributed by atoms with Crippen molar-refractivity contribution in [2.45, 2.75) is 25.1 Å². The molecule has 3 aromatic rings. The van der Waals surface area contributed by atoms with Crippen LogP contribution < -0.4 is 0 Å². The third-order valence-corrected chi connectivity index (χ3v) is 6.70. The quantitative estimate of drug-likeness (QED) is 0.539. The number of nitrogens with zero attached hydrogens (tertiary/aromatic N) is 5. The number of fused-ring (bicyclic) bond motifs is 2. The fraction of sp³-hybridized carbons (Fsp3) is 0.381. The van der Waals surface area contributed by atoms with E-state index in [2.05, 4.69) is 30.9 Å². The molecule has 162 valence electrons. The van der Waals surface area contributed by atoms with Crippen LogP contribution in [0.4, 0.5) is 13.2 Å². The molecule has 0 N–H and O–H groups in total. The third kappa shape index (κ3) is 3.61. The molecule has 2 aliphatic rings. The summed E-state index contributed by atoms with van der Waals surface area (Å²) >= 11 is 3.31. The smallest absolute Gasteiger partial charge is 0.334 e. The second-order valence-corrected chi connectivity index (χ2v) is 8.66. The van der Waals surface area contributed by atoms with E-state index in [-0.39, 0.29) is 27.4 Å². The van der Waals surface area contributed by atoms with Crippen LogP contribution in [0.25, 0.3) is 16.9 Å². The fourth-order valence-corrected chi connectivity index (χ4v) is 4.92. The molecule has 0 bridgehead atoms. The maximum absolute atomic E-state index is 13.9. The zero-order chi connectivity index (χ0) is 21.8. The maximum Gasteiger partial charge on any atom is 0.433 e. The Labute approximate surface area is 184 Å². The molecular weight excluding hydrogens is 475 g/mol. The zero-order valence-electron chi connectivity index (χ0n) is 16.4. The summed E-state index contributed by atoms with van der Waals surface area (Å²) in [6, 6.07) is 9.90. The van der Waals surface area contributed by atoms with Gasteiger partial charge in [0.25, 0.3) is 5.91 Å². The Balaban J connectivity index is 1.59. The van der Waals surface area contributed by atoms with Crippen LogP contribution in [-0.4, -0.2) is 62.5 Å². The first-order valence-electron chi connectivity index (χ1n) is 10.1. The molecule has 1 aromatic carbocycles. The van der Waals surface area contributed by atoms with Gasteiger partial charge in [0.2, 0.25) is 0 Å². The van der Waals surface area contributed by atoms with E-state index in [4.69, 9.17) is 0 Å². The van der Waals surface area contributed by atoms with Gasteiger partial charge >= 0.3 is 6.18 Å². The Morgan fingerprint density at radius 2 is 1.90 bits per heavy atom. The van der Waals surface area contributed by atoms with Crippen molar-refractivity contribution in [1.29, 1.82) is 0 Å². The Morgan fingerprint density at radius 1 is 1.13 bits per heavy atom. The summed E-state index contributed by atoms with van der Waals surface area (Å²) in [5.74, 6) is -0.377. The number of halogens is 4. The highest BCUT2D eigenvalue weighted by Crippen LogP contribution is 2.35. The predicted octanol–water partition coefficient (Wildman–Crippen LogP) is 4.10. The lowest BCUT2D eigenvalue weighted by atomic mass is 10.1. The monoisotopic (exact) mass is 493 g/mol. The molecule has 2 fully saturated rings. The Hall–Kier alpha value is -2.46. The van der Waals surface area contributed by atoms with Crippen LogP contribution in [0, 0.1) is 0 Å². The Kier molecular flexibility index (Phi) is 5.01. The Bertz CT molecular complexity index is 1150.